The summed E-state index contributed by atoms with van der Waals surface area (Å²) in [4.78, 5) is 0. The van der Waals surface area contributed by atoms with Crippen LogP contribution in [0.4, 0.5) is 5.69 Å². The largest absolute Gasteiger partial charge is 0.493 e. The first-order chi connectivity index (χ1) is 14.0. The van der Waals surface area contributed by atoms with Crippen LogP contribution < -0.4 is 19.9 Å². The van der Waals surface area contributed by atoms with E-state index in [1.54, 1.807) is 14.2 Å². The molecular weight excluding hydrogens is 434 g/mol. The van der Waals surface area contributed by atoms with Gasteiger partial charge in [0.25, 0.3) is 0 Å². The fourth-order valence-corrected chi connectivity index (χ4v) is 4.52. The molecule has 3 aromatic carbocycles. The van der Waals surface area contributed by atoms with Gasteiger partial charge in [-0.1, -0.05) is 24.3 Å². The topological polar surface area (TPSA) is 101 Å². The minimum absolute atomic E-state index is 0.127. The predicted octanol–water partition coefficient (Wildman–Crippen LogP) is 4.84. The average Bonchev–Trinajstić information content (AvgIpc) is 2.72. The summed E-state index contributed by atoms with van der Waals surface area (Å²) in [6.07, 6.45) is 0. The molecule has 7 heteroatoms. The van der Waals surface area contributed by atoms with E-state index in [0.717, 1.165) is 21.9 Å². The van der Waals surface area contributed by atoms with Crippen molar-refractivity contribution in [2.24, 2.45) is 5.92 Å². The fraction of sp³-hybridized carbons (Fsp3) is 0.182. The quantitative estimate of drug-likeness (QED) is 0.554. The molecule has 1 aliphatic rings. The summed E-state index contributed by atoms with van der Waals surface area (Å²) in [5, 5.41) is 20.1. The Bertz CT molecular complexity index is 1190. The second kappa shape index (κ2) is 7.30. The first kappa shape index (κ1) is 19.1. The van der Waals surface area contributed by atoms with Gasteiger partial charge in [-0.25, -0.2) is 0 Å². The number of methoxy groups -OCH3 is 2. The monoisotopic (exact) mass is 451 g/mol. The highest BCUT2D eigenvalue weighted by Crippen LogP contribution is 2.50. The lowest BCUT2D eigenvalue weighted by Gasteiger charge is -2.32. The van der Waals surface area contributed by atoms with Gasteiger partial charge in [0.05, 0.1) is 30.4 Å². The molecule has 0 amide bonds. The Morgan fingerprint density at radius 3 is 2.62 bits per heavy atom. The lowest BCUT2D eigenvalue weighted by Crippen LogP contribution is -2.31. The molecule has 3 aromatic rings. The van der Waals surface area contributed by atoms with Crippen LogP contribution in [-0.2, 0) is 0 Å². The predicted molar refractivity (Wildman–Crippen MR) is 115 cm³/mol. The first-order valence-electron chi connectivity index (χ1n) is 8.88. The molecule has 3 N–H and O–H groups in total. The van der Waals surface area contributed by atoms with Crippen molar-refractivity contribution in [1.29, 1.82) is 10.7 Å². The maximum Gasteiger partial charge on any atom is 0.205 e. The van der Waals surface area contributed by atoms with E-state index in [-0.39, 0.29) is 5.90 Å². The summed E-state index contributed by atoms with van der Waals surface area (Å²) in [6, 6.07) is 15.6. The molecule has 0 fully saturated rings. The van der Waals surface area contributed by atoms with Crippen LogP contribution in [0.3, 0.4) is 0 Å². The number of fused-ring (bicyclic) bond motifs is 3. The van der Waals surface area contributed by atoms with Crippen LogP contribution in [0, 0.1) is 22.7 Å². The van der Waals surface area contributed by atoms with Crippen LogP contribution >= 0.6 is 15.9 Å². The Morgan fingerprint density at radius 2 is 1.93 bits per heavy atom. The summed E-state index contributed by atoms with van der Waals surface area (Å²) >= 11 is 3.53. The van der Waals surface area contributed by atoms with Gasteiger partial charge in [-0.15, -0.1) is 0 Å². The van der Waals surface area contributed by atoms with E-state index in [1.807, 2.05) is 42.5 Å². The van der Waals surface area contributed by atoms with Crippen molar-refractivity contribution in [1.82, 2.24) is 0 Å². The second-order valence-corrected chi connectivity index (χ2v) is 7.57. The van der Waals surface area contributed by atoms with E-state index in [1.165, 1.54) is 0 Å². The van der Waals surface area contributed by atoms with Gasteiger partial charge in [0.15, 0.2) is 17.2 Å². The number of anilines is 1. The minimum atomic E-state index is -0.808. The molecule has 4 rings (SSSR count). The van der Waals surface area contributed by atoms with Crippen LogP contribution in [0.25, 0.3) is 10.8 Å². The highest BCUT2D eigenvalue weighted by Gasteiger charge is 2.39. The molecule has 1 heterocycles. The zero-order chi connectivity index (χ0) is 20.7. The third-order valence-corrected chi connectivity index (χ3v) is 5.75. The van der Waals surface area contributed by atoms with E-state index in [9.17, 15) is 5.26 Å². The zero-order valence-electron chi connectivity index (χ0n) is 15.8. The van der Waals surface area contributed by atoms with Crippen LogP contribution in [0.1, 0.15) is 17.0 Å². The van der Waals surface area contributed by atoms with Gasteiger partial charge in [0.2, 0.25) is 5.90 Å². The normalized spacial score (nSPS) is 17.9. The number of nitrogen functional groups attached to an aromatic ring is 1. The van der Waals surface area contributed by atoms with E-state index in [2.05, 4.69) is 22.0 Å². The molecule has 2 atom stereocenters. The number of nitriles is 1. The molecule has 1 aliphatic heterocycles. The number of nitrogens with zero attached hydrogens (tertiary/aromatic N) is 1. The molecule has 0 spiro atoms. The van der Waals surface area contributed by atoms with Crippen molar-refractivity contribution in [2.45, 2.75) is 5.92 Å². The lowest BCUT2D eigenvalue weighted by molar-refractivity contribution is 0.352. The van der Waals surface area contributed by atoms with Crippen LogP contribution in [0.2, 0.25) is 0 Å². The van der Waals surface area contributed by atoms with Gasteiger partial charge in [0.1, 0.15) is 5.92 Å². The van der Waals surface area contributed by atoms with Crippen molar-refractivity contribution in [3.05, 3.63) is 58.1 Å². The molecule has 0 saturated heterocycles. The Morgan fingerprint density at radius 1 is 1.17 bits per heavy atom. The van der Waals surface area contributed by atoms with Gasteiger partial charge in [-0.3, -0.25) is 5.41 Å². The number of nitrogens with two attached hydrogens (primary N) is 1. The SMILES string of the molecule is COc1cc(C2c3c(c(N)cc4ccccc34)OC(=N)C2C#N)cc(Br)c1OC. The maximum absolute atomic E-state index is 9.89. The standard InChI is InChI=1S/C22H18BrN3O3/c1-27-17-9-12(7-15(23)20(17)28-2)18-14(10-24)22(26)29-21-16(25)8-11-5-3-4-6-13(11)19(18)21/h3-9,14,18,26H,25H2,1-2H3. The van der Waals surface area contributed by atoms with Crippen molar-refractivity contribution in [2.75, 3.05) is 20.0 Å². The molecule has 0 bridgehead atoms. The Balaban J connectivity index is 2.07. The number of nitrogens with one attached hydrogen (secondary N) is 1. The third-order valence-electron chi connectivity index (χ3n) is 5.16. The number of ether oxygens (including phenoxy) is 3. The molecule has 0 saturated carbocycles. The van der Waals surface area contributed by atoms with E-state index in [4.69, 9.17) is 25.4 Å². The Kier molecular flexibility index (Phi) is 4.81. The molecule has 29 heavy (non-hydrogen) atoms. The average molecular weight is 452 g/mol. The Hall–Kier alpha value is -3.24. The summed E-state index contributed by atoms with van der Waals surface area (Å²) in [5.41, 5.74) is 8.30. The highest BCUT2D eigenvalue weighted by molar-refractivity contribution is 9.10. The maximum atomic E-state index is 9.89. The Labute approximate surface area is 176 Å². The number of hydrogen-bond donors (Lipinski definition) is 2. The van der Waals surface area contributed by atoms with Gasteiger partial charge in [-0.2, -0.15) is 5.26 Å². The molecule has 0 aliphatic carbocycles. The zero-order valence-corrected chi connectivity index (χ0v) is 17.4. The van der Waals surface area contributed by atoms with Gasteiger partial charge in [0, 0.05) is 11.5 Å². The highest BCUT2D eigenvalue weighted by atomic mass is 79.9. The molecular formula is C22H18BrN3O3. The molecule has 146 valence electrons. The van der Waals surface area contributed by atoms with Gasteiger partial charge in [-0.05, 0) is 50.5 Å². The van der Waals surface area contributed by atoms with Crippen molar-refractivity contribution in [3.63, 3.8) is 0 Å². The molecule has 6 nitrogen and oxygen atoms in total. The second-order valence-electron chi connectivity index (χ2n) is 6.72. The summed E-state index contributed by atoms with van der Waals surface area (Å²) in [5.74, 6) is 0.123. The third kappa shape index (κ3) is 2.97. The molecule has 2 unspecified atom stereocenters. The first-order valence-corrected chi connectivity index (χ1v) is 9.67. The number of hydrogen-bond acceptors (Lipinski definition) is 6. The van der Waals surface area contributed by atoms with Crippen molar-refractivity contribution in [3.8, 4) is 23.3 Å². The minimum Gasteiger partial charge on any atom is -0.493 e. The molecule has 0 radical (unpaired) electrons. The van der Waals surface area contributed by atoms with Crippen molar-refractivity contribution >= 4 is 38.3 Å². The van der Waals surface area contributed by atoms with Gasteiger partial charge >= 0.3 is 0 Å². The van der Waals surface area contributed by atoms with Gasteiger partial charge < -0.3 is 19.9 Å². The van der Waals surface area contributed by atoms with Crippen LogP contribution in [0.15, 0.2) is 46.9 Å². The van der Waals surface area contributed by atoms with E-state index in [0.29, 0.717) is 27.4 Å². The molecule has 0 aromatic heterocycles. The fourth-order valence-electron chi connectivity index (χ4n) is 3.90. The van der Waals surface area contributed by atoms with Crippen molar-refractivity contribution < 1.29 is 14.2 Å². The van der Waals surface area contributed by atoms with Crippen LogP contribution in [-0.4, -0.2) is 20.1 Å². The lowest BCUT2D eigenvalue weighted by atomic mass is 9.77. The summed E-state index contributed by atoms with van der Waals surface area (Å²) in [6.45, 7) is 0. The number of benzene rings is 3. The number of rotatable bonds is 3. The smallest absolute Gasteiger partial charge is 0.205 e. The van der Waals surface area contributed by atoms with Crippen LogP contribution in [0.5, 0.6) is 17.2 Å². The summed E-state index contributed by atoms with van der Waals surface area (Å²) in [7, 11) is 3.12. The van der Waals surface area contributed by atoms with E-state index < -0.39 is 11.8 Å². The summed E-state index contributed by atoms with van der Waals surface area (Å²) < 4.78 is 17.3. The number of halogens is 1. The van der Waals surface area contributed by atoms with E-state index >= 15 is 0 Å².